The Labute approximate surface area is 117 Å². The number of nitrogens with one attached hydrogen (secondary N) is 1. The van der Waals surface area contributed by atoms with Crippen LogP contribution < -0.4 is 11.1 Å². The van der Waals surface area contributed by atoms with Crippen molar-refractivity contribution >= 4 is 29.1 Å². The molecule has 1 aromatic heterocycles. The van der Waals surface area contributed by atoms with E-state index < -0.39 is 0 Å². The lowest BCUT2D eigenvalue weighted by molar-refractivity contribution is 0.855. The largest absolute Gasteiger partial charge is 0.383 e. The maximum atomic E-state index is 5.93. The summed E-state index contributed by atoms with van der Waals surface area (Å²) in [6.45, 7) is 4.16. The smallest absolute Gasteiger partial charge is 0.139 e. The molecule has 0 radical (unpaired) electrons. The number of hydrogen-bond donors (Lipinski definition) is 2. The number of anilines is 3. The monoisotopic (exact) mass is 274 g/mol. The lowest BCUT2D eigenvalue weighted by Gasteiger charge is -2.15. The number of aromatic nitrogens is 2. The summed E-state index contributed by atoms with van der Waals surface area (Å²) in [5.74, 6) is 1.59. The summed E-state index contributed by atoms with van der Waals surface area (Å²) in [6, 6.07) is 8.22. The van der Waals surface area contributed by atoms with Crippen molar-refractivity contribution in [1.82, 2.24) is 9.97 Å². The zero-order valence-electron chi connectivity index (χ0n) is 11.3. The number of thioether (sulfide) groups is 1. The summed E-state index contributed by atoms with van der Waals surface area (Å²) < 4.78 is 0. The van der Waals surface area contributed by atoms with E-state index in [4.69, 9.17) is 5.73 Å². The van der Waals surface area contributed by atoms with E-state index in [0.29, 0.717) is 5.82 Å². The standard InChI is InChI=1S/C14H18N4S/c1-9(2)12-13(15)16-8-17-14(12)18-10-4-6-11(19-3)7-5-10/h4-9H,1-3H3,(H3,15,16,17,18). The van der Waals surface area contributed by atoms with Crippen LogP contribution in [0.3, 0.4) is 0 Å². The normalized spacial score (nSPS) is 10.7. The van der Waals surface area contributed by atoms with E-state index >= 15 is 0 Å². The average molecular weight is 274 g/mol. The molecule has 0 bridgehead atoms. The predicted molar refractivity (Wildman–Crippen MR) is 82.0 cm³/mol. The molecule has 0 fully saturated rings. The predicted octanol–water partition coefficient (Wildman–Crippen LogP) is 3.65. The first kappa shape index (κ1) is 13.7. The van der Waals surface area contributed by atoms with E-state index in [1.165, 1.54) is 11.2 Å². The first-order chi connectivity index (χ1) is 9.11. The highest BCUT2D eigenvalue weighted by Gasteiger charge is 2.12. The van der Waals surface area contributed by atoms with Gasteiger partial charge in [0.2, 0.25) is 0 Å². The van der Waals surface area contributed by atoms with E-state index in [0.717, 1.165) is 17.1 Å². The van der Waals surface area contributed by atoms with Crippen molar-refractivity contribution in [2.45, 2.75) is 24.7 Å². The Morgan fingerprint density at radius 3 is 2.42 bits per heavy atom. The number of nitrogen functional groups attached to an aromatic ring is 1. The Morgan fingerprint density at radius 2 is 1.84 bits per heavy atom. The molecular formula is C14H18N4S. The number of hydrogen-bond acceptors (Lipinski definition) is 5. The molecule has 0 atom stereocenters. The van der Waals surface area contributed by atoms with Crippen molar-refractivity contribution in [2.24, 2.45) is 0 Å². The molecule has 0 aliphatic rings. The maximum absolute atomic E-state index is 5.93. The fourth-order valence-electron chi connectivity index (χ4n) is 1.89. The third-order valence-electron chi connectivity index (χ3n) is 2.84. The minimum absolute atomic E-state index is 0.272. The van der Waals surface area contributed by atoms with Crippen LogP contribution in [0, 0.1) is 0 Å². The molecule has 1 heterocycles. The zero-order valence-corrected chi connectivity index (χ0v) is 12.2. The van der Waals surface area contributed by atoms with Crippen LogP contribution in [-0.4, -0.2) is 16.2 Å². The van der Waals surface area contributed by atoms with Gasteiger partial charge in [0, 0.05) is 16.1 Å². The summed E-state index contributed by atoms with van der Waals surface area (Å²) in [5, 5.41) is 3.31. The zero-order chi connectivity index (χ0) is 13.8. The number of nitrogens with two attached hydrogens (primary N) is 1. The van der Waals surface area contributed by atoms with Crippen LogP contribution in [0.25, 0.3) is 0 Å². The van der Waals surface area contributed by atoms with Crippen molar-refractivity contribution in [3.63, 3.8) is 0 Å². The summed E-state index contributed by atoms with van der Waals surface area (Å²) in [5.41, 5.74) is 7.88. The van der Waals surface area contributed by atoms with Gasteiger partial charge in [0.25, 0.3) is 0 Å². The fraction of sp³-hybridized carbons (Fsp3) is 0.286. The summed E-state index contributed by atoms with van der Waals surface area (Å²) in [4.78, 5) is 9.58. The van der Waals surface area contributed by atoms with Crippen molar-refractivity contribution in [2.75, 3.05) is 17.3 Å². The van der Waals surface area contributed by atoms with E-state index in [1.54, 1.807) is 11.8 Å². The van der Waals surface area contributed by atoms with Gasteiger partial charge >= 0.3 is 0 Å². The van der Waals surface area contributed by atoms with Crippen molar-refractivity contribution < 1.29 is 0 Å². The quantitative estimate of drug-likeness (QED) is 0.833. The molecule has 0 unspecified atom stereocenters. The molecule has 2 aromatic rings. The minimum atomic E-state index is 0.272. The second-order valence-corrected chi connectivity index (χ2v) is 5.41. The molecular weight excluding hydrogens is 256 g/mol. The SMILES string of the molecule is CSc1ccc(Nc2ncnc(N)c2C(C)C)cc1. The van der Waals surface area contributed by atoms with Crippen LogP contribution in [0.4, 0.5) is 17.3 Å². The highest BCUT2D eigenvalue weighted by Crippen LogP contribution is 2.29. The Kier molecular flexibility index (Phi) is 4.27. The van der Waals surface area contributed by atoms with Gasteiger partial charge in [0.15, 0.2) is 0 Å². The van der Waals surface area contributed by atoms with Gasteiger partial charge in [-0.05, 0) is 36.4 Å². The lowest BCUT2D eigenvalue weighted by Crippen LogP contribution is -2.06. The van der Waals surface area contributed by atoms with E-state index in [-0.39, 0.29) is 5.92 Å². The molecule has 19 heavy (non-hydrogen) atoms. The lowest BCUT2D eigenvalue weighted by atomic mass is 10.0. The average Bonchev–Trinajstić information content (AvgIpc) is 2.39. The summed E-state index contributed by atoms with van der Waals surface area (Å²) in [6.07, 6.45) is 3.55. The van der Waals surface area contributed by atoms with Gasteiger partial charge in [0.05, 0.1) is 0 Å². The van der Waals surface area contributed by atoms with Crippen molar-refractivity contribution in [3.05, 3.63) is 36.2 Å². The van der Waals surface area contributed by atoms with Gasteiger partial charge < -0.3 is 11.1 Å². The van der Waals surface area contributed by atoms with Crippen LogP contribution in [-0.2, 0) is 0 Å². The third kappa shape index (κ3) is 3.17. The topological polar surface area (TPSA) is 63.8 Å². The maximum Gasteiger partial charge on any atom is 0.139 e. The molecule has 0 amide bonds. The van der Waals surface area contributed by atoms with E-state index in [1.807, 2.05) is 12.1 Å². The van der Waals surface area contributed by atoms with Crippen molar-refractivity contribution in [1.29, 1.82) is 0 Å². The molecule has 100 valence electrons. The van der Waals surface area contributed by atoms with E-state index in [9.17, 15) is 0 Å². The molecule has 4 nitrogen and oxygen atoms in total. The third-order valence-corrected chi connectivity index (χ3v) is 3.59. The van der Waals surface area contributed by atoms with Crippen LogP contribution in [0.2, 0.25) is 0 Å². The minimum Gasteiger partial charge on any atom is -0.383 e. The molecule has 1 aromatic carbocycles. The van der Waals surface area contributed by atoms with Gasteiger partial charge in [-0.3, -0.25) is 0 Å². The second-order valence-electron chi connectivity index (χ2n) is 4.53. The summed E-state index contributed by atoms with van der Waals surface area (Å²) in [7, 11) is 0. The molecule has 0 spiro atoms. The van der Waals surface area contributed by atoms with Crippen LogP contribution >= 0.6 is 11.8 Å². The molecule has 3 N–H and O–H groups in total. The van der Waals surface area contributed by atoms with Crippen molar-refractivity contribution in [3.8, 4) is 0 Å². The Balaban J connectivity index is 2.29. The second kappa shape index (κ2) is 5.93. The molecule has 2 rings (SSSR count). The van der Waals surface area contributed by atoms with Crippen LogP contribution in [0.1, 0.15) is 25.3 Å². The number of benzene rings is 1. The van der Waals surface area contributed by atoms with Gasteiger partial charge in [-0.15, -0.1) is 11.8 Å². The summed E-state index contributed by atoms with van der Waals surface area (Å²) >= 11 is 1.72. The highest BCUT2D eigenvalue weighted by molar-refractivity contribution is 7.98. The van der Waals surface area contributed by atoms with Crippen LogP contribution in [0.15, 0.2) is 35.5 Å². The van der Waals surface area contributed by atoms with Crippen LogP contribution in [0.5, 0.6) is 0 Å². The molecule has 5 heteroatoms. The van der Waals surface area contributed by atoms with E-state index in [2.05, 4.69) is 47.5 Å². The fourth-order valence-corrected chi connectivity index (χ4v) is 2.30. The number of rotatable bonds is 4. The Hall–Kier alpha value is -1.75. The first-order valence-corrected chi connectivity index (χ1v) is 7.35. The molecule has 0 aliphatic heterocycles. The molecule has 0 aliphatic carbocycles. The first-order valence-electron chi connectivity index (χ1n) is 6.13. The van der Waals surface area contributed by atoms with Gasteiger partial charge in [-0.2, -0.15) is 0 Å². The van der Waals surface area contributed by atoms with Gasteiger partial charge in [0.1, 0.15) is 18.0 Å². The molecule has 0 saturated carbocycles. The highest BCUT2D eigenvalue weighted by atomic mass is 32.2. The number of nitrogens with zero attached hydrogens (tertiary/aromatic N) is 2. The van der Waals surface area contributed by atoms with Gasteiger partial charge in [-0.25, -0.2) is 9.97 Å². The Bertz CT molecular complexity index is 552. The molecule has 0 saturated heterocycles. The Morgan fingerprint density at radius 1 is 1.16 bits per heavy atom. The van der Waals surface area contributed by atoms with Gasteiger partial charge in [-0.1, -0.05) is 13.8 Å².